The fourth-order valence-electron chi connectivity index (χ4n) is 1.90. The zero-order chi connectivity index (χ0) is 17.3. The maximum Gasteiger partial charge on any atom is 0.193 e. The van der Waals surface area contributed by atoms with Gasteiger partial charge in [0, 0.05) is 0 Å². The van der Waals surface area contributed by atoms with Crippen molar-refractivity contribution >= 4 is 40.2 Å². The monoisotopic (exact) mass is 451 g/mol. The molecule has 0 aromatic heterocycles. The molecule has 0 unspecified atom stereocenters. The van der Waals surface area contributed by atoms with Crippen molar-refractivity contribution in [2.45, 2.75) is 57.0 Å². The molecule has 0 bridgehead atoms. The first kappa shape index (κ1) is 19.9. The number of aliphatic hydroxyl groups is 1. The van der Waals surface area contributed by atoms with Gasteiger partial charge in [0.05, 0.1) is 28.6 Å². The minimum atomic E-state index is -2.15. The molecule has 1 rings (SSSR count). The van der Waals surface area contributed by atoms with E-state index in [-0.39, 0.29) is 11.5 Å². The van der Waals surface area contributed by atoms with Gasteiger partial charge in [-0.1, -0.05) is 20.8 Å². The SMILES string of the molecule is COC1=C(Br)[C@@H](O[Si](C)(C)C(C)(C)C)[C@@](O)(CC#N)C=C1Br. The third-order valence-corrected chi connectivity index (χ3v) is 10.1. The van der Waals surface area contributed by atoms with Gasteiger partial charge in [0.2, 0.25) is 0 Å². The molecular weight excluding hydrogens is 430 g/mol. The molecule has 0 aromatic rings. The van der Waals surface area contributed by atoms with Gasteiger partial charge in [0.15, 0.2) is 8.32 Å². The van der Waals surface area contributed by atoms with Gasteiger partial charge in [0.1, 0.15) is 17.5 Å². The summed E-state index contributed by atoms with van der Waals surface area (Å²) in [6, 6.07) is 2.04. The van der Waals surface area contributed by atoms with Crippen molar-refractivity contribution in [3.05, 3.63) is 20.8 Å². The highest BCUT2D eigenvalue weighted by Crippen LogP contribution is 2.45. The summed E-state index contributed by atoms with van der Waals surface area (Å²) in [5, 5.41) is 20.0. The Morgan fingerprint density at radius 1 is 1.41 bits per heavy atom. The summed E-state index contributed by atoms with van der Waals surface area (Å²) in [6.07, 6.45) is 0.870. The largest absolute Gasteiger partial charge is 0.495 e. The second-order valence-electron chi connectivity index (χ2n) is 6.96. The van der Waals surface area contributed by atoms with Crippen LogP contribution < -0.4 is 0 Å². The van der Waals surface area contributed by atoms with E-state index in [1.807, 2.05) is 6.07 Å². The van der Waals surface area contributed by atoms with Crippen LogP contribution in [0.25, 0.3) is 0 Å². The van der Waals surface area contributed by atoms with Crippen LogP contribution in [-0.2, 0) is 9.16 Å². The van der Waals surface area contributed by atoms with E-state index in [1.165, 1.54) is 0 Å². The highest BCUT2D eigenvalue weighted by molar-refractivity contribution is 9.12. The lowest BCUT2D eigenvalue weighted by Gasteiger charge is -2.44. The van der Waals surface area contributed by atoms with Gasteiger partial charge < -0.3 is 14.3 Å². The van der Waals surface area contributed by atoms with Gasteiger partial charge in [-0.25, -0.2) is 0 Å². The van der Waals surface area contributed by atoms with Crippen molar-refractivity contribution < 1.29 is 14.3 Å². The molecule has 0 heterocycles. The van der Waals surface area contributed by atoms with Crippen LogP contribution in [0.5, 0.6) is 0 Å². The van der Waals surface area contributed by atoms with Crippen LogP contribution in [-0.4, -0.2) is 32.2 Å². The van der Waals surface area contributed by atoms with Crippen LogP contribution in [0.3, 0.4) is 0 Å². The summed E-state index contributed by atoms with van der Waals surface area (Å²) >= 11 is 6.88. The highest BCUT2D eigenvalue weighted by atomic mass is 79.9. The number of allylic oxidation sites excluding steroid dienone is 1. The van der Waals surface area contributed by atoms with Gasteiger partial charge >= 0.3 is 0 Å². The highest BCUT2D eigenvalue weighted by Gasteiger charge is 2.48. The van der Waals surface area contributed by atoms with Crippen LogP contribution >= 0.6 is 31.9 Å². The molecule has 0 spiro atoms. The summed E-state index contributed by atoms with van der Waals surface area (Å²) in [5.41, 5.74) is -1.40. The topological polar surface area (TPSA) is 62.5 Å². The molecule has 7 heteroatoms. The Morgan fingerprint density at radius 2 is 1.95 bits per heavy atom. The van der Waals surface area contributed by atoms with Gasteiger partial charge in [-0.3, -0.25) is 0 Å². The van der Waals surface area contributed by atoms with Crippen molar-refractivity contribution in [2.24, 2.45) is 0 Å². The minimum absolute atomic E-state index is 0.0144. The van der Waals surface area contributed by atoms with Crippen LogP contribution in [0, 0.1) is 11.3 Å². The van der Waals surface area contributed by atoms with E-state index in [2.05, 4.69) is 65.7 Å². The second-order valence-corrected chi connectivity index (χ2v) is 13.4. The van der Waals surface area contributed by atoms with Crippen LogP contribution in [0.2, 0.25) is 18.1 Å². The molecule has 0 aliphatic heterocycles. The summed E-state index contributed by atoms with van der Waals surface area (Å²) in [6.45, 7) is 10.6. The smallest absolute Gasteiger partial charge is 0.193 e. The molecule has 2 atom stereocenters. The number of ether oxygens (including phenoxy) is 1. The second kappa shape index (κ2) is 6.77. The van der Waals surface area contributed by atoms with E-state index in [4.69, 9.17) is 14.4 Å². The Kier molecular flexibility index (Phi) is 6.13. The van der Waals surface area contributed by atoms with Crippen molar-refractivity contribution in [3.8, 4) is 6.07 Å². The molecule has 0 amide bonds. The third-order valence-electron chi connectivity index (χ3n) is 4.28. The molecular formula is C15H23Br2NO3Si. The normalized spacial score (nSPS) is 26.5. The molecule has 1 N–H and O–H groups in total. The first-order valence-corrected chi connectivity index (χ1v) is 11.5. The molecule has 22 heavy (non-hydrogen) atoms. The average molecular weight is 453 g/mol. The lowest BCUT2D eigenvalue weighted by molar-refractivity contribution is -0.00980. The zero-order valence-corrected chi connectivity index (χ0v) is 18.0. The number of hydrogen-bond acceptors (Lipinski definition) is 4. The van der Waals surface area contributed by atoms with Gasteiger partial charge in [0.25, 0.3) is 0 Å². The van der Waals surface area contributed by atoms with E-state index in [1.54, 1.807) is 13.2 Å². The molecule has 1 aliphatic carbocycles. The Morgan fingerprint density at radius 3 is 2.36 bits per heavy atom. The van der Waals surface area contributed by atoms with Crippen molar-refractivity contribution in [3.63, 3.8) is 0 Å². The van der Waals surface area contributed by atoms with E-state index in [0.717, 1.165) is 0 Å². The number of hydrogen-bond donors (Lipinski definition) is 1. The van der Waals surface area contributed by atoms with E-state index >= 15 is 0 Å². The first-order valence-electron chi connectivity index (χ1n) is 6.99. The van der Waals surface area contributed by atoms with Gasteiger partial charge in [-0.15, -0.1) is 0 Å². The maximum atomic E-state index is 11.0. The number of nitriles is 1. The fourth-order valence-corrected chi connectivity index (χ4v) is 5.24. The van der Waals surface area contributed by atoms with Crippen LogP contribution in [0.4, 0.5) is 0 Å². The quantitative estimate of drug-likeness (QED) is 0.634. The molecule has 124 valence electrons. The van der Waals surface area contributed by atoms with Gasteiger partial charge in [-0.2, -0.15) is 5.26 Å². The van der Waals surface area contributed by atoms with E-state index in [9.17, 15) is 5.11 Å². The number of methoxy groups -OCH3 is 1. The Bertz CT molecular complexity index is 546. The molecule has 0 aromatic carbocycles. The summed E-state index contributed by atoms with van der Waals surface area (Å²) in [7, 11) is -0.591. The molecule has 0 radical (unpaired) electrons. The third kappa shape index (κ3) is 3.85. The lowest BCUT2D eigenvalue weighted by atomic mass is 9.89. The summed E-state index contributed by atoms with van der Waals surface area (Å²) < 4.78 is 13.0. The fraction of sp³-hybridized carbons (Fsp3) is 0.667. The number of nitrogens with zero attached hydrogens (tertiary/aromatic N) is 1. The average Bonchev–Trinajstić information content (AvgIpc) is 2.33. The summed E-state index contributed by atoms with van der Waals surface area (Å²) in [4.78, 5) is 0. The number of halogens is 2. The molecule has 0 saturated heterocycles. The lowest BCUT2D eigenvalue weighted by Crippen LogP contribution is -2.53. The standard InChI is InChI=1S/C15H23Br2NO3Si/c1-14(2,3)22(5,6)21-13-11(17)12(20-4)10(16)9-15(13,19)7-8-18/h9,13,19H,7H2,1-6H3/t13-,15-/m1/s1. The number of rotatable bonds is 4. The molecule has 0 saturated carbocycles. The van der Waals surface area contributed by atoms with Crippen LogP contribution in [0.1, 0.15) is 27.2 Å². The maximum absolute atomic E-state index is 11.0. The van der Waals surface area contributed by atoms with E-state index < -0.39 is 20.0 Å². The van der Waals surface area contributed by atoms with Crippen LogP contribution in [0.15, 0.2) is 20.8 Å². The first-order chi connectivity index (χ1) is 9.89. The molecule has 4 nitrogen and oxygen atoms in total. The Hall–Kier alpha value is -0.133. The van der Waals surface area contributed by atoms with Crippen molar-refractivity contribution in [1.82, 2.24) is 0 Å². The molecule has 1 aliphatic rings. The zero-order valence-electron chi connectivity index (χ0n) is 13.8. The molecule has 0 fully saturated rings. The Labute approximate surface area is 150 Å². The van der Waals surface area contributed by atoms with Gasteiger partial charge in [-0.05, 0) is 56.1 Å². The Balaban J connectivity index is 3.34. The predicted molar refractivity (Wildman–Crippen MR) is 97.2 cm³/mol. The van der Waals surface area contributed by atoms with E-state index in [0.29, 0.717) is 14.7 Å². The summed E-state index contributed by atoms with van der Waals surface area (Å²) in [5.74, 6) is 0.575. The minimum Gasteiger partial charge on any atom is -0.495 e. The van der Waals surface area contributed by atoms with Crippen molar-refractivity contribution in [2.75, 3.05) is 7.11 Å². The van der Waals surface area contributed by atoms with Crippen molar-refractivity contribution in [1.29, 1.82) is 5.26 Å². The predicted octanol–water partition coefficient (Wildman–Crippen LogP) is 4.57.